The molecule has 2 heterocycles. The Morgan fingerprint density at radius 1 is 1.44 bits per heavy atom. The number of nitrogens with zero attached hydrogens (tertiary/aromatic N) is 3. The largest absolute Gasteiger partial charge is 0.316 e. The Bertz CT molecular complexity index is 498. The highest BCUT2D eigenvalue weighted by Crippen LogP contribution is 2.21. The molecule has 0 radical (unpaired) electrons. The highest BCUT2D eigenvalue weighted by molar-refractivity contribution is 5.41. The smallest absolute Gasteiger partial charge is 0.155 e. The number of nitrogens with one attached hydrogen (secondary N) is 1. The van der Waals surface area contributed by atoms with E-state index in [2.05, 4.69) is 36.3 Å². The van der Waals surface area contributed by atoms with Crippen molar-refractivity contribution in [3.63, 3.8) is 0 Å². The Balaban J connectivity index is 2.46. The first-order valence-electron chi connectivity index (χ1n) is 5.22. The van der Waals surface area contributed by atoms with Gasteiger partial charge in [-0.3, -0.25) is 0 Å². The van der Waals surface area contributed by atoms with Crippen molar-refractivity contribution in [3.8, 4) is 0 Å². The van der Waals surface area contributed by atoms with Crippen LogP contribution in [-0.2, 0) is 12.0 Å². The highest BCUT2D eigenvalue weighted by atomic mass is 16.5. The van der Waals surface area contributed by atoms with E-state index in [0.717, 1.165) is 16.9 Å². The van der Waals surface area contributed by atoms with Crippen LogP contribution in [0.3, 0.4) is 0 Å². The second-order valence-electron chi connectivity index (χ2n) is 4.88. The Hall–Kier alpha value is -1.46. The molecule has 0 amide bonds. The van der Waals surface area contributed by atoms with Crippen molar-refractivity contribution >= 4 is 5.65 Å². The third kappa shape index (κ3) is 2.05. The second-order valence-corrected chi connectivity index (χ2v) is 4.88. The molecule has 5 heteroatoms. The summed E-state index contributed by atoms with van der Waals surface area (Å²) in [4.78, 5) is 4.28. The minimum absolute atomic E-state index is 0.0170. The molecule has 0 unspecified atom stereocenters. The molecule has 16 heavy (non-hydrogen) atoms. The molecule has 2 aromatic rings. The van der Waals surface area contributed by atoms with Crippen LogP contribution in [0.2, 0.25) is 0 Å². The van der Waals surface area contributed by atoms with Crippen LogP contribution in [0.5, 0.6) is 0 Å². The van der Waals surface area contributed by atoms with Gasteiger partial charge in [0.25, 0.3) is 0 Å². The minimum Gasteiger partial charge on any atom is -0.316 e. The summed E-state index contributed by atoms with van der Waals surface area (Å²) in [5.74, 6) is 0. The van der Waals surface area contributed by atoms with Crippen molar-refractivity contribution in [1.82, 2.24) is 20.1 Å². The molecule has 0 aliphatic heterocycles. The Kier molecular flexibility index (Phi) is 2.65. The lowest BCUT2D eigenvalue weighted by molar-refractivity contribution is 0.161. The third-order valence-electron chi connectivity index (χ3n) is 2.42. The fourth-order valence-electron chi connectivity index (χ4n) is 1.46. The van der Waals surface area contributed by atoms with E-state index in [-0.39, 0.29) is 5.41 Å². The first-order chi connectivity index (χ1) is 7.50. The van der Waals surface area contributed by atoms with Crippen molar-refractivity contribution in [3.05, 3.63) is 29.7 Å². The fraction of sp³-hybridized carbons (Fsp3) is 0.455. The molecule has 0 aliphatic rings. The number of fused-ring (bicyclic) bond motifs is 1. The minimum atomic E-state index is 0.0170. The summed E-state index contributed by atoms with van der Waals surface area (Å²) in [7, 11) is 0. The molecule has 2 N–H and O–H groups in total. The summed E-state index contributed by atoms with van der Waals surface area (Å²) < 4.78 is 1.74. The molecule has 86 valence electrons. The van der Waals surface area contributed by atoms with E-state index in [1.54, 1.807) is 10.7 Å². The molecule has 0 saturated carbocycles. The van der Waals surface area contributed by atoms with Gasteiger partial charge in [0, 0.05) is 36.0 Å². The van der Waals surface area contributed by atoms with Gasteiger partial charge in [-0.2, -0.15) is 5.10 Å². The normalized spacial score (nSPS) is 12.2. The monoisotopic (exact) mass is 220 g/mol. The Morgan fingerprint density at radius 3 is 2.81 bits per heavy atom. The first-order valence-corrected chi connectivity index (χ1v) is 5.22. The van der Waals surface area contributed by atoms with E-state index < -0.39 is 0 Å². The maximum Gasteiger partial charge on any atom is 0.155 e. The lowest BCUT2D eigenvalue weighted by Crippen LogP contribution is -2.12. The van der Waals surface area contributed by atoms with Crippen LogP contribution in [0.25, 0.3) is 5.65 Å². The van der Waals surface area contributed by atoms with Crippen LogP contribution in [0.1, 0.15) is 32.0 Å². The average molecular weight is 220 g/mol. The van der Waals surface area contributed by atoms with Crippen molar-refractivity contribution in [2.45, 2.75) is 32.7 Å². The zero-order chi connectivity index (χ0) is 11.8. The zero-order valence-electron chi connectivity index (χ0n) is 9.73. The molecule has 2 aromatic heterocycles. The number of hydroxylamine groups is 1. The standard InChI is InChI=1S/C11H16N4O/c1-11(2,3)9-4-10-12-5-8(6-13-16)7-15(10)14-9/h4-5,7,13,16H,6H2,1-3H3. The van der Waals surface area contributed by atoms with E-state index in [1.807, 2.05) is 12.3 Å². The molecule has 0 spiro atoms. The molecular formula is C11H16N4O. The number of rotatable bonds is 2. The maximum absolute atomic E-state index is 8.62. The molecule has 0 atom stereocenters. The quantitative estimate of drug-likeness (QED) is 0.753. The summed E-state index contributed by atoms with van der Waals surface area (Å²) in [6.07, 6.45) is 3.59. The number of hydrogen-bond donors (Lipinski definition) is 2. The Labute approximate surface area is 94.1 Å². The van der Waals surface area contributed by atoms with Gasteiger partial charge < -0.3 is 5.21 Å². The van der Waals surface area contributed by atoms with Crippen LogP contribution < -0.4 is 5.48 Å². The molecule has 0 aromatic carbocycles. The van der Waals surface area contributed by atoms with Gasteiger partial charge in [-0.15, -0.1) is 0 Å². The molecule has 2 rings (SSSR count). The van der Waals surface area contributed by atoms with Crippen LogP contribution >= 0.6 is 0 Å². The summed E-state index contributed by atoms with van der Waals surface area (Å²) >= 11 is 0. The van der Waals surface area contributed by atoms with Crippen molar-refractivity contribution in [2.24, 2.45) is 0 Å². The van der Waals surface area contributed by atoms with Crippen molar-refractivity contribution in [1.29, 1.82) is 0 Å². The van der Waals surface area contributed by atoms with E-state index >= 15 is 0 Å². The third-order valence-corrected chi connectivity index (χ3v) is 2.42. The maximum atomic E-state index is 8.62. The second kappa shape index (κ2) is 3.84. The van der Waals surface area contributed by atoms with Gasteiger partial charge in [0.15, 0.2) is 5.65 Å². The Morgan fingerprint density at radius 2 is 2.19 bits per heavy atom. The van der Waals surface area contributed by atoms with Gasteiger partial charge in [0.2, 0.25) is 0 Å². The summed E-state index contributed by atoms with van der Waals surface area (Å²) in [5.41, 5.74) is 4.84. The van der Waals surface area contributed by atoms with Crippen LogP contribution in [0.15, 0.2) is 18.5 Å². The van der Waals surface area contributed by atoms with Gasteiger partial charge in [-0.05, 0) is 0 Å². The van der Waals surface area contributed by atoms with Crippen molar-refractivity contribution < 1.29 is 5.21 Å². The SMILES string of the molecule is CC(C)(C)c1cc2ncc(CNO)cn2n1. The molecule has 5 nitrogen and oxygen atoms in total. The lowest BCUT2D eigenvalue weighted by atomic mass is 9.93. The van der Waals surface area contributed by atoms with E-state index in [0.29, 0.717) is 6.54 Å². The van der Waals surface area contributed by atoms with E-state index in [9.17, 15) is 0 Å². The topological polar surface area (TPSA) is 62.5 Å². The predicted octanol–water partition coefficient (Wildman–Crippen LogP) is 1.51. The summed E-state index contributed by atoms with van der Waals surface area (Å²) in [6.45, 7) is 6.72. The van der Waals surface area contributed by atoms with E-state index in [1.165, 1.54) is 0 Å². The first kappa shape index (κ1) is 11.0. The zero-order valence-corrected chi connectivity index (χ0v) is 9.73. The molecule has 0 bridgehead atoms. The van der Waals surface area contributed by atoms with Crippen LogP contribution in [0, 0.1) is 0 Å². The number of aromatic nitrogens is 3. The molecular weight excluding hydrogens is 204 g/mol. The predicted molar refractivity (Wildman–Crippen MR) is 60.3 cm³/mol. The molecule has 0 aliphatic carbocycles. The van der Waals surface area contributed by atoms with Gasteiger partial charge in [0.1, 0.15) is 0 Å². The van der Waals surface area contributed by atoms with Crippen LogP contribution in [0.4, 0.5) is 0 Å². The summed E-state index contributed by atoms with van der Waals surface area (Å²) in [5, 5.41) is 13.1. The molecule has 0 fully saturated rings. The van der Waals surface area contributed by atoms with Crippen molar-refractivity contribution in [2.75, 3.05) is 0 Å². The van der Waals surface area contributed by atoms with Gasteiger partial charge in [-0.25, -0.2) is 15.0 Å². The number of hydrogen-bond acceptors (Lipinski definition) is 4. The van der Waals surface area contributed by atoms with Gasteiger partial charge in [-0.1, -0.05) is 20.8 Å². The highest BCUT2D eigenvalue weighted by Gasteiger charge is 2.17. The van der Waals surface area contributed by atoms with E-state index in [4.69, 9.17) is 5.21 Å². The lowest BCUT2D eigenvalue weighted by Gasteiger charge is -2.13. The fourth-order valence-corrected chi connectivity index (χ4v) is 1.46. The summed E-state index contributed by atoms with van der Waals surface area (Å²) in [6, 6.07) is 1.98. The average Bonchev–Trinajstić information content (AvgIpc) is 2.60. The van der Waals surface area contributed by atoms with Gasteiger partial charge >= 0.3 is 0 Å². The van der Waals surface area contributed by atoms with Gasteiger partial charge in [0.05, 0.1) is 5.69 Å². The molecule has 0 saturated heterocycles. The van der Waals surface area contributed by atoms with Crippen LogP contribution in [-0.4, -0.2) is 19.8 Å².